The molecule has 25 heavy (non-hydrogen) atoms. The number of carbonyl (C=O) groups is 1. The average molecular weight is 361 g/mol. The molecule has 2 aromatic rings. The molecule has 0 radical (unpaired) electrons. The second-order valence-electron chi connectivity index (χ2n) is 6.42. The highest BCUT2D eigenvalue weighted by Gasteiger charge is 2.32. The second kappa shape index (κ2) is 8.32. The van der Waals surface area contributed by atoms with Gasteiger partial charge in [0, 0.05) is 17.6 Å². The number of benzene rings is 1. The zero-order chi connectivity index (χ0) is 17.6. The number of amides is 1. The molecule has 1 saturated heterocycles. The standard InChI is InChI=1S/C19H23ClN4O/c1-15(19(25)22-14-16-6-2-3-7-17(16)20)23-10-12-24(13-11-23)18-8-4-5-9-21-18/h2-9,15H,10-14H2,1H3,(H,22,25)/p+2/t15-/m0/s1. The van der Waals surface area contributed by atoms with Crippen LogP contribution in [0.5, 0.6) is 0 Å². The predicted octanol–water partition coefficient (Wildman–Crippen LogP) is 0.564. The SMILES string of the molecule is C[C@@H](C(=O)NCc1ccccc1Cl)[NH+]1CCN(c2cccc[nH+]2)CC1. The molecule has 2 heterocycles. The van der Waals surface area contributed by atoms with Crippen LogP contribution < -0.4 is 20.1 Å². The number of piperazine rings is 1. The van der Waals surface area contributed by atoms with Gasteiger partial charge < -0.3 is 10.2 Å². The van der Waals surface area contributed by atoms with E-state index in [2.05, 4.69) is 21.3 Å². The lowest BCUT2D eigenvalue weighted by Gasteiger charge is -2.31. The van der Waals surface area contributed by atoms with Crippen molar-refractivity contribution in [1.29, 1.82) is 0 Å². The Morgan fingerprint density at radius 3 is 2.64 bits per heavy atom. The van der Waals surface area contributed by atoms with Gasteiger partial charge in [0.15, 0.2) is 6.04 Å². The minimum absolute atomic E-state index is 0.0654. The number of quaternary nitrogens is 1. The highest BCUT2D eigenvalue weighted by Crippen LogP contribution is 2.14. The number of aromatic amines is 1. The van der Waals surface area contributed by atoms with Gasteiger partial charge in [0.1, 0.15) is 26.2 Å². The number of carbonyl (C=O) groups excluding carboxylic acids is 1. The maximum absolute atomic E-state index is 12.5. The number of nitrogens with zero attached hydrogens (tertiary/aromatic N) is 1. The lowest BCUT2D eigenvalue weighted by molar-refractivity contribution is -0.914. The monoisotopic (exact) mass is 360 g/mol. The van der Waals surface area contributed by atoms with Crippen LogP contribution in [0.15, 0.2) is 48.7 Å². The predicted molar refractivity (Wildman–Crippen MR) is 98.7 cm³/mol. The van der Waals surface area contributed by atoms with E-state index < -0.39 is 0 Å². The van der Waals surface area contributed by atoms with E-state index in [9.17, 15) is 4.79 Å². The maximum atomic E-state index is 12.5. The molecule has 1 atom stereocenters. The Morgan fingerprint density at radius 2 is 1.96 bits per heavy atom. The lowest BCUT2D eigenvalue weighted by atomic mass is 10.2. The molecule has 0 saturated carbocycles. The highest BCUT2D eigenvalue weighted by molar-refractivity contribution is 6.31. The summed E-state index contributed by atoms with van der Waals surface area (Å²) >= 11 is 6.15. The largest absolute Gasteiger partial charge is 0.347 e. The summed E-state index contributed by atoms with van der Waals surface area (Å²) in [5.74, 6) is 1.21. The quantitative estimate of drug-likeness (QED) is 0.818. The van der Waals surface area contributed by atoms with Crippen molar-refractivity contribution in [3.05, 3.63) is 59.2 Å². The van der Waals surface area contributed by atoms with Crippen LogP contribution in [0.25, 0.3) is 0 Å². The minimum Gasteiger partial charge on any atom is -0.347 e. The van der Waals surface area contributed by atoms with E-state index in [0.29, 0.717) is 11.6 Å². The first-order valence-corrected chi connectivity index (χ1v) is 9.10. The van der Waals surface area contributed by atoms with Gasteiger partial charge in [-0.2, -0.15) is 0 Å². The third-order valence-corrected chi connectivity index (χ3v) is 5.22. The zero-order valence-electron chi connectivity index (χ0n) is 14.5. The van der Waals surface area contributed by atoms with Gasteiger partial charge in [0.25, 0.3) is 11.7 Å². The Balaban J connectivity index is 1.49. The van der Waals surface area contributed by atoms with Gasteiger partial charge in [0.05, 0.1) is 6.20 Å². The van der Waals surface area contributed by atoms with Crippen molar-refractivity contribution in [2.45, 2.75) is 19.5 Å². The maximum Gasteiger partial charge on any atom is 0.278 e. The average Bonchev–Trinajstić information content (AvgIpc) is 2.67. The van der Waals surface area contributed by atoms with Crippen LogP contribution in [0, 0.1) is 0 Å². The first-order valence-electron chi connectivity index (χ1n) is 8.72. The van der Waals surface area contributed by atoms with E-state index in [1.165, 1.54) is 4.90 Å². The molecule has 6 heteroatoms. The van der Waals surface area contributed by atoms with Gasteiger partial charge in [-0.1, -0.05) is 35.9 Å². The molecule has 0 spiro atoms. The first-order chi connectivity index (χ1) is 12.1. The van der Waals surface area contributed by atoms with Crippen molar-refractivity contribution >= 4 is 23.3 Å². The van der Waals surface area contributed by atoms with E-state index >= 15 is 0 Å². The number of H-pyrrole nitrogens is 1. The summed E-state index contributed by atoms with van der Waals surface area (Å²) in [6, 6.07) is 13.7. The summed E-state index contributed by atoms with van der Waals surface area (Å²) in [6.07, 6.45) is 1.94. The van der Waals surface area contributed by atoms with Gasteiger partial charge >= 0.3 is 0 Å². The fourth-order valence-corrected chi connectivity index (χ4v) is 3.41. The fourth-order valence-electron chi connectivity index (χ4n) is 3.21. The number of nitrogens with one attached hydrogen (secondary N) is 3. The van der Waals surface area contributed by atoms with Crippen LogP contribution in [-0.4, -0.2) is 38.1 Å². The number of halogens is 1. The topological polar surface area (TPSA) is 50.9 Å². The molecule has 3 N–H and O–H groups in total. The van der Waals surface area contributed by atoms with Crippen molar-refractivity contribution < 1.29 is 14.7 Å². The second-order valence-corrected chi connectivity index (χ2v) is 6.83. The summed E-state index contributed by atoms with van der Waals surface area (Å²) in [7, 11) is 0. The summed E-state index contributed by atoms with van der Waals surface area (Å²) in [5.41, 5.74) is 0.948. The number of rotatable bonds is 5. The van der Waals surface area contributed by atoms with Crippen molar-refractivity contribution in [3.8, 4) is 0 Å². The normalized spacial score (nSPS) is 16.5. The van der Waals surface area contributed by atoms with Crippen molar-refractivity contribution in [1.82, 2.24) is 5.32 Å². The third-order valence-electron chi connectivity index (χ3n) is 4.86. The molecular formula is C19H25ClN4O+2. The fraction of sp³-hybridized carbons (Fsp3) is 0.368. The van der Waals surface area contributed by atoms with Crippen LogP contribution in [-0.2, 0) is 11.3 Å². The molecule has 1 aliphatic rings. The Kier molecular flexibility index (Phi) is 5.89. The van der Waals surface area contributed by atoms with Crippen molar-refractivity contribution in [2.75, 3.05) is 31.1 Å². The molecular weight excluding hydrogens is 336 g/mol. The van der Waals surface area contributed by atoms with E-state index in [1.807, 2.05) is 49.5 Å². The van der Waals surface area contributed by atoms with Gasteiger partial charge in [-0.3, -0.25) is 9.69 Å². The molecule has 3 rings (SSSR count). The molecule has 5 nitrogen and oxygen atoms in total. The Hall–Kier alpha value is -2.11. The number of aromatic nitrogens is 1. The van der Waals surface area contributed by atoms with Crippen LogP contribution in [0.2, 0.25) is 5.02 Å². The molecule has 0 unspecified atom stereocenters. The van der Waals surface area contributed by atoms with Crippen LogP contribution in [0.3, 0.4) is 0 Å². The van der Waals surface area contributed by atoms with E-state index in [1.54, 1.807) is 0 Å². The van der Waals surface area contributed by atoms with E-state index in [4.69, 9.17) is 11.6 Å². The van der Waals surface area contributed by atoms with Gasteiger partial charge in [-0.25, -0.2) is 4.98 Å². The summed E-state index contributed by atoms with van der Waals surface area (Å²) in [5, 5.41) is 3.71. The van der Waals surface area contributed by atoms with Gasteiger partial charge in [0.2, 0.25) is 0 Å². The Morgan fingerprint density at radius 1 is 1.24 bits per heavy atom. The number of hydrogen-bond acceptors (Lipinski definition) is 2. The molecule has 1 amide bonds. The Bertz CT molecular complexity index is 702. The van der Waals surface area contributed by atoms with E-state index in [-0.39, 0.29) is 11.9 Å². The van der Waals surface area contributed by atoms with Crippen molar-refractivity contribution in [2.24, 2.45) is 0 Å². The first kappa shape index (κ1) is 17.7. The lowest BCUT2D eigenvalue weighted by Crippen LogP contribution is -3.19. The summed E-state index contributed by atoms with van der Waals surface area (Å²) in [6.45, 7) is 6.26. The third kappa shape index (κ3) is 4.50. The molecule has 1 aromatic carbocycles. The van der Waals surface area contributed by atoms with E-state index in [0.717, 1.165) is 37.6 Å². The van der Waals surface area contributed by atoms with Crippen molar-refractivity contribution in [3.63, 3.8) is 0 Å². The zero-order valence-corrected chi connectivity index (χ0v) is 15.2. The molecule has 1 aromatic heterocycles. The highest BCUT2D eigenvalue weighted by atomic mass is 35.5. The molecule has 1 aliphatic heterocycles. The van der Waals surface area contributed by atoms with Crippen LogP contribution >= 0.6 is 11.6 Å². The summed E-state index contributed by atoms with van der Waals surface area (Å²) in [4.78, 5) is 19.4. The number of hydrogen-bond donors (Lipinski definition) is 2. The summed E-state index contributed by atoms with van der Waals surface area (Å²) < 4.78 is 0. The van der Waals surface area contributed by atoms with Crippen LogP contribution in [0.1, 0.15) is 12.5 Å². The minimum atomic E-state index is -0.0654. The number of anilines is 1. The van der Waals surface area contributed by atoms with Gasteiger partial charge in [-0.05, 0) is 24.6 Å². The van der Waals surface area contributed by atoms with Crippen LogP contribution in [0.4, 0.5) is 5.82 Å². The molecule has 0 aliphatic carbocycles. The molecule has 132 valence electrons. The molecule has 0 bridgehead atoms. The molecule has 1 fully saturated rings. The number of pyridine rings is 1. The smallest absolute Gasteiger partial charge is 0.278 e. The Labute approximate surface area is 153 Å². The van der Waals surface area contributed by atoms with Gasteiger partial charge in [-0.15, -0.1) is 0 Å².